The van der Waals surface area contributed by atoms with Crippen LogP contribution >= 0.6 is 12.2 Å². The molecule has 1 heterocycles. The zero-order chi connectivity index (χ0) is 18.7. The smallest absolute Gasteiger partial charge is 0.202 e. The monoisotopic (exact) mass is 367 g/mol. The highest BCUT2D eigenvalue weighted by Gasteiger charge is 2.13. The van der Waals surface area contributed by atoms with E-state index in [9.17, 15) is 0 Å². The molecule has 5 heteroatoms. The summed E-state index contributed by atoms with van der Waals surface area (Å²) in [4.78, 5) is 1.36. The Balaban J connectivity index is 1.73. The molecule has 2 aromatic carbocycles. The van der Waals surface area contributed by atoms with Gasteiger partial charge in [-0.1, -0.05) is 54.1 Å². The quantitative estimate of drug-likeness (QED) is 0.679. The lowest BCUT2D eigenvalue weighted by molar-refractivity contribution is -0.917. The summed E-state index contributed by atoms with van der Waals surface area (Å²) in [5, 5.41) is 4.78. The number of quaternary nitrogens is 1. The average molecular weight is 368 g/mol. The van der Waals surface area contributed by atoms with Gasteiger partial charge in [0, 0.05) is 19.0 Å². The third kappa shape index (κ3) is 4.29. The lowest BCUT2D eigenvalue weighted by Gasteiger charge is -2.15. The van der Waals surface area contributed by atoms with Crippen molar-refractivity contribution < 1.29 is 4.90 Å². The van der Waals surface area contributed by atoms with Gasteiger partial charge < -0.3 is 9.47 Å². The number of nitrogens with zero attached hydrogens (tertiary/aromatic N) is 3. The maximum absolute atomic E-state index is 5.61. The van der Waals surface area contributed by atoms with Gasteiger partial charge in [-0.2, -0.15) is 9.78 Å². The summed E-state index contributed by atoms with van der Waals surface area (Å²) in [5.74, 6) is 1.00. The summed E-state index contributed by atoms with van der Waals surface area (Å²) in [6, 6.07) is 17.1. The Hall–Kier alpha value is -2.24. The van der Waals surface area contributed by atoms with E-state index in [1.165, 1.54) is 27.2 Å². The van der Waals surface area contributed by atoms with Gasteiger partial charge in [-0.15, -0.1) is 0 Å². The molecule has 0 aliphatic carbocycles. The van der Waals surface area contributed by atoms with Crippen molar-refractivity contribution in [2.75, 3.05) is 7.05 Å². The third-order valence-corrected chi connectivity index (χ3v) is 5.23. The molecule has 0 fully saturated rings. The topological polar surface area (TPSA) is 27.2 Å². The molecular weight excluding hydrogens is 340 g/mol. The number of nitrogens with one attached hydrogen (secondary N) is 1. The number of rotatable bonds is 6. The molecule has 4 nitrogen and oxygen atoms in total. The van der Waals surface area contributed by atoms with Crippen LogP contribution < -0.4 is 4.90 Å². The average Bonchev–Trinajstić information content (AvgIpc) is 2.86. The number of aromatic nitrogens is 3. The summed E-state index contributed by atoms with van der Waals surface area (Å²) >= 11 is 5.61. The molecule has 0 saturated carbocycles. The lowest BCUT2D eigenvalue weighted by atomic mass is 10.1. The van der Waals surface area contributed by atoms with E-state index < -0.39 is 0 Å². The van der Waals surface area contributed by atoms with E-state index in [0.29, 0.717) is 0 Å². The third-order valence-electron chi connectivity index (χ3n) is 4.75. The fraction of sp³-hybridized carbons (Fsp3) is 0.333. The number of hydrogen-bond acceptors (Lipinski definition) is 2. The predicted octanol–water partition coefficient (Wildman–Crippen LogP) is 2.83. The molecule has 0 saturated heterocycles. The minimum Gasteiger partial charge on any atom is -0.315 e. The zero-order valence-electron chi connectivity index (χ0n) is 16.0. The summed E-state index contributed by atoms with van der Waals surface area (Å²) < 4.78 is 4.75. The largest absolute Gasteiger partial charge is 0.315 e. The van der Waals surface area contributed by atoms with Gasteiger partial charge in [-0.3, -0.25) is 0 Å². The van der Waals surface area contributed by atoms with Gasteiger partial charge in [0.25, 0.3) is 0 Å². The first-order valence-electron chi connectivity index (χ1n) is 8.98. The highest BCUT2D eigenvalue weighted by molar-refractivity contribution is 7.71. The van der Waals surface area contributed by atoms with E-state index in [1.54, 1.807) is 0 Å². The lowest BCUT2D eigenvalue weighted by Crippen LogP contribution is -3.07. The van der Waals surface area contributed by atoms with Crippen LogP contribution in [-0.4, -0.2) is 21.4 Å². The van der Waals surface area contributed by atoms with Crippen LogP contribution in [0.4, 0.5) is 0 Å². The van der Waals surface area contributed by atoms with Crippen LogP contribution in [0.3, 0.4) is 0 Å². The Kier molecular flexibility index (Phi) is 5.69. The summed E-state index contributed by atoms with van der Waals surface area (Å²) in [7, 11) is 4.19. The molecule has 1 aromatic heterocycles. The van der Waals surface area contributed by atoms with E-state index in [0.717, 1.165) is 30.2 Å². The van der Waals surface area contributed by atoms with Crippen molar-refractivity contribution in [1.29, 1.82) is 0 Å². The molecule has 136 valence electrons. The molecule has 1 atom stereocenters. The molecule has 0 aliphatic rings. The van der Waals surface area contributed by atoms with E-state index in [-0.39, 0.29) is 0 Å². The van der Waals surface area contributed by atoms with Crippen molar-refractivity contribution in [2.45, 2.75) is 33.5 Å². The fourth-order valence-corrected chi connectivity index (χ4v) is 3.46. The first-order chi connectivity index (χ1) is 12.4. The van der Waals surface area contributed by atoms with Crippen LogP contribution in [0.2, 0.25) is 0 Å². The Bertz CT molecular complexity index is 940. The number of benzene rings is 2. The Morgan fingerprint density at radius 2 is 1.81 bits per heavy atom. The van der Waals surface area contributed by atoms with E-state index >= 15 is 0 Å². The molecule has 0 radical (unpaired) electrons. The normalized spacial score (nSPS) is 12.3. The van der Waals surface area contributed by atoms with Gasteiger partial charge in [0.1, 0.15) is 12.4 Å². The SMILES string of the molecule is Cc1ccc(C[NH+](C)Cn2nc(Cc3ccccc3)n(C)c2=S)c(C)c1. The maximum Gasteiger partial charge on any atom is 0.202 e. The fourth-order valence-electron chi connectivity index (χ4n) is 3.25. The van der Waals surface area contributed by atoms with Crippen LogP contribution in [-0.2, 0) is 26.7 Å². The highest BCUT2D eigenvalue weighted by Crippen LogP contribution is 2.10. The molecule has 0 amide bonds. The zero-order valence-corrected chi connectivity index (χ0v) is 16.8. The summed E-state index contributed by atoms with van der Waals surface area (Å²) in [5.41, 5.74) is 5.28. The van der Waals surface area contributed by atoms with Crippen molar-refractivity contribution in [3.8, 4) is 0 Å². The predicted molar refractivity (Wildman–Crippen MR) is 108 cm³/mol. The van der Waals surface area contributed by atoms with Gasteiger partial charge in [-0.05, 0) is 37.2 Å². The Labute approximate surface area is 160 Å². The van der Waals surface area contributed by atoms with Crippen molar-refractivity contribution in [1.82, 2.24) is 14.3 Å². The molecule has 1 unspecified atom stereocenters. The van der Waals surface area contributed by atoms with Gasteiger partial charge in [-0.25, -0.2) is 0 Å². The van der Waals surface area contributed by atoms with Gasteiger partial charge in [0.2, 0.25) is 4.77 Å². The molecule has 1 N–H and O–H groups in total. The Morgan fingerprint density at radius 3 is 2.50 bits per heavy atom. The molecule has 26 heavy (non-hydrogen) atoms. The second-order valence-corrected chi connectivity index (χ2v) is 7.51. The van der Waals surface area contributed by atoms with Crippen molar-refractivity contribution in [2.24, 2.45) is 7.05 Å². The maximum atomic E-state index is 5.61. The van der Waals surface area contributed by atoms with E-state index in [1.807, 2.05) is 22.4 Å². The van der Waals surface area contributed by atoms with E-state index in [4.69, 9.17) is 17.3 Å². The summed E-state index contributed by atoms with van der Waals surface area (Å²) in [6.07, 6.45) is 0.796. The second kappa shape index (κ2) is 7.98. The van der Waals surface area contributed by atoms with Crippen LogP contribution in [0, 0.1) is 18.6 Å². The van der Waals surface area contributed by atoms with Gasteiger partial charge in [0.15, 0.2) is 6.67 Å². The second-order valence-electron chi connectivity index (χ2n) is 7.14. The van der Waals surface area contributed by atoms with Crippen molar-refractivity contribution in [3.05, 3.63) is 81.4 Å². The standard InChI is InChI=1S/C21H26N4S/c1-16-10-11-19(17(2)12-16)14-23(3)15-25-21(26)24(4)20(22-25)13-18-8-6-5-7-9-18/h5-12H,13-15H2,1-4H3/p+1. The first kappa shape index (κ1) is 18.5. The van der Waals surface area contributed by atoms with Crippen molar-refractivity contribution in [3.63, 3.8) is 0 Å². The molecular formula is C21H27N4S+. The van der Waals surface area contributed by atoms with Gasteiger partial charge >= 0.3 is 0 Å². The number of hydrogen-bond donors (Lipinski definition) is 1. The molecule has 3 aromatic rings. The van der Waals surface area contributed by atoms with Crippen LogP contribution in [0.15, 0.2) is 48.5 Å². The van der Waals surface area contributed by atoms with E-state index in [2.05, 4.69) is 63.4 Å². The molecule has 0 bridgehead atoms. The minimum atomic E-state index is 0.759. The summed E-state index contributed by atoms with van der Waals surface area (Å²) in [6.45, 7) is 6.03. The highest BCUT2D eigenvalue weighted by atomic mass is 32.1. The Morgan fingerprint density at radius 1 is 1.08 bits per heavy atom. The van der Waals surface area contributed by atoms with Crippen LogP contribution in [0.25, 0.3) is 0 Å². The number of aryl methyl sites for hydroxylation is 2. The molecule has 0 aliphatic heterocycles. The van der Waals surface area contributed by atoms with Crippen LogP contribution in [0.5, 0.6) is 0 Å². The first-order valence-corrected chi connectivity index (χ1v) is 9.39. The molecule has 0 spiro atoms. The molecule has 3 rings (SSSR count). The minimum absolute atomic E-state index is 0.759. The van der Waals surface area contributed by atoms with Gasteiger partial charge in [0.05, 0.1) is 7.05 Å². The van der Waals surface area contributed by atoms with Crippen LogP contribution in [0.1, 0.15) is 28.1 Å². The van der Waals surface area contributed by atoms with Crippen molar-refractivity contribution >= 4 is 12.2 Å².